The molecule has 0 spiro atoms. The maximum Gasteiger partial charge on any atom is 0.339 e. The van der Waals surface area contributed by atoms with Gasteiger partial charge in [-0.25, -0.2) is 4.79 Å². The summed E-state index contributed by atoms with van der Waals surface area (Å²) in [5.74, 6) is 0.00942. The number of carbonyl (C=O) groups is 1. The molecule has 0 saturated carbocycles. The molecule has 6 heteroatoms. The summed E-state index contributed by atoms with van der Waals surface area (Å²) < 4.78 is 0. The first-order valence-electron chi connectivity index (χ1n) is 7.56. The summed E-state index contributed by atoms with van der Waals surface area (Å²) in [7, 11) is 0. The van der Waals surface area contributed by atoms with Gasteiger partial charge in [0, 0.05) is 6.54 Å². The highest BCUT2D eigenvalue weighted by atomic mass is 16.4. The van der Waals surface area contributed by atoms with Crippen LogP contribution in [0, 0.1) is 19.8 Å². The number of piperidine rings is 1. The Bertz CT molecular complexity index is 511. The molecule has 0 aromatic carbocycles. The van der Waals surface area contributed by atoms with Gasteiger partial charge in [-0.2, -0.15) is 5.10 Å². The predicted octanol–water partition coefficient (Wildman–Crippen LogP) is 1.94. The number of likely N-dealkylation sites (tertiary alicyclic amines) is 1. The topological polar surface area (TPSA) is 78.3 Å². The molecule has 1 aromatic heterocycles. The van der Waals surface area contributed by atoms with Crippen LogP contribution in [0.15, 0.2) is 0 Å². The number of nitrogens with zero attached hydrogens (tertiary/aromatic N) is 3. The molecule has 0 amide bonds. The Labute approximate surface area is 125 Å². The molecule has 2 heterocycles. The van der Waals surface area contributed by atoms with Gasteiger partial charge in [-0.15, -0.1) is 5.10 Å². The van der Waals surface area contributed by atoms with Gasteiger partial charge >= 0.3 is 5.97 Å². The Kier molecular flexibility index (Phi) is 5.12. The van der Waals surface area contributed by atoms with Crippen LogP contribution in [0.25, 0.3) is 0 Å². The molecule has 1 aliphatic heterocycles. The number of aryl methyl sites for hydroxylation is 1. The van der Waals surface area contributed by atoms with Gasteiger partial charge in [-0.05, 0) is 57.8 Å². The number of carboxylic acid groups (broad SMARTS) is 1. The van der Waals surface area contributed by atoms with Crippen molar-refractivity contribution in [1.82, 2.24) is 15.1 Å². The molecule has 1 aliphatic rings. The summed E-state index contributed by atoms with van der Waals surface area (Å²) >= 11 is 0. The fraction of sp³-hybridized carbons (Fsp3) is 0.667. The van der Waals surface area contributed by atoms with Crippen LogP contribution in [-0.4, -0.2) is 52.4 Å². The monoisotopic (exact) mass is 292 g/mol. The lowest BCUT2D eigenvalue weighted by Crippen LogP contribution is -2.35. The molecule has 1 fully saturated rings. The lowest BCUT2D eigenvalue weighted by atomic mass is 9.96. The summed E-state index contributed by atoms with van der Waals surface area (Å²) in [6.45, 7) is 9.83. The first-order valence-corrected chi connectivity index (χ1v) is 7.56. The maximum atomic E-state index is 11.4. The van der Waals surface area contributed by atoms with E-state index in [1.807, 2.05) is 0 Å². The van der Waals surface area contributed by atoms with Crippen LogP contribution in [-0.2, 0) is 0 Å². The van der Waals surface area contributed by atoms with Crippen molar-refractivity contribution in [2.75, 3.05) is 31.5 Å². The lowest BCUT2D eigenvalue weighted by molar-refractivity contribution is 0.0696. The van der Waals surface area contributed by atoms with E-state index in [1.54, 1.807) is 13.8 Å². The van der Waals surface area contributed by atoms with E-state index in [-0.39, 0.29) is 5.56 Å². The minimum atomic E-state index is -0.950. The van der Waals surface area contributed by atoms with Gasteiger partial charge < -0.3 is 15.3 Å². The van der Waals surface area contributed by atoms with Gasteiger partial charge in [0.05, 0.1) is 5.69 Å². The first-order chi connectivity index (χ1) is 10.0. The average molecular weight is 292 g/mol. The number of aromatic nitrogens is 2. The Morgan fingerprint density at radius 1 is 1.33 bits per heavy atom. The van der Waals surface area contributed by atoms with Crippen molar-refractivity contribution < 1.29 is 9.90 Å². The summed E-state index contributed by atoms with van der Waals surface area (Å²) in [5, 5.41) is 20.6. The number of carboxylic acids is 1. The number of nitrogens with one attached hydrogen (secondary N) is 1. The fourth-order valence-corrected chi connectivity index (χ4v) is 2.74. The molecule has 116 valence electrons. The second-order valence-electron chi connectivity index (χ2n) is 5.70. The van der Waals surface area contributed by atoms with E-state index in [2.05, 4.69) is 27.3 Å². The van der Waals surface area contributed by atoms with Crippen molar-refractivity contribution in [1.29, 1.82) is 0 Å². The number of hydrogen-bond acceptors (Lipinski definition) is 5. The van der Waals surface area contributed by atoms with Crippen LogP contribution in [0.4, 0.5) is 5.82 Å². The average Bonchev–Trinajstić information content (AvgIpc) is 2.48. The molecule has 2 N–H and O–H groups in total. The highest BCUT2D eigenvalue weighted by Gasteiger charge is 2.21. The van der Waals surface area contributed by atoms with Crippen LogP contribution >= 0.6 is 0 Å². The Hall–Kier alpha value is -1.69. The molecular weight excluding hydrogens is 268 g/mol. The van der Waals surface area contributed by atoms with Gasteiger partial charge in [-0.3, -0.25) is 0 Å². The summed E-state index contributed by atoms with van der Waals surface area (Å²) in [6.07, 6.45) is 2.28. The second kappa shape index (κ2) is 6.85. The van der Waals surface area contributed by atoms with Crippen molar-refractivity contribution in [3.05, 3.63) is 16.8 Å². The second-order valence-corrected chi connectivity index (χ2v) is 5.70. The summed E-state index contributed by atoms with van der Waals surface area (Å²) in [6, 6.07) is 0. The van der Waals surface area contributed by atoms with Crippen LogP contribution in [0.2, 0.25) is 0 Å². The van der Waals surface area contributed by atoms with Crippen LogP contribution < -0.4 is 5.32 Å². The molecule has 0 aliphatic carbocycles. The van der Waals surface area contributed by atoms with Crippen molar-refractivity contribution in [3.63, 3.8) is 0 Å². The predicted molar refractivity (Wildman–Crippen MR) is 81.8 cm³/mol. The molecule has 0 atom stereocenters. The zero-order valence-electron chi connectivity index (χ0n) is 13.0. The van der Waals surface area contributed by atoms with E-state index in [0.29, 0.717) is 23.0 Å². The normalized spacial score (nSPS) is 16.9. The van der Waals surface area contributed by atoms with Crippen LogP contribution in [0.1, 0.15) is 41.4 Å². The van der Waals surface area contributed by atoms with Gasteiger partial charge in [0.2, 0.25) is 0 Å². The maximum absolute atomic E-state index is 11.4. The summed E-state index contributed by atoms with van der Waals surface area (Å²) in [4.78, 5) is 13.9. The quantitative estimate of drug-likeness (QED) is 0.863. The standard InChI is InChI=1S/C15H24N4O2/c1-4-19-7-5-12(6-8-19)9-16-14-13(15(20)21)10(2)11(3)17-18-14/h12H,4-9H2,1-3H3,(H,16,18)(H,20,21). The third-order valence-electron chi connectivity index (χ3n) is 4.38. The third kappa shape index (κ3) is 3.69. The first kappa shape index (κ1) is 15.7. The highest BCUT2D eigenvalue weighted by Crippen LogP contribution is 2.21. The van der Waals surface area contributed by atoms with E-state index in [0.717, 1.165) is 39.0 Å². The number of hydrogen-bond donors (Lipinski definition) is 2. The molecule has 0 radical (unpaired) electrons. The van der Waals surface area contributed by atoms with E-state index in [1.165, 1.54) is 0 Å². The molecule has 0 unspecified atom stereocenters. The van der Waals surface area contributed by atoms with E-state index in [9.17, 15) is 9.90 Å². The summed E-state index contributed by atoms with van der Waals surface area (Å²) in [5.41, 5.74) is 1.59. The van der Waals surface area contributed by atoms with Gasteiger partial charge in [-0.1, -0.05) is 6.92 Å². The molecule has 1 aromatic rings. The third-order valence-corrected chi connectivity index (χ3v) is 4.38. The van der Waals surface area contributed by atoms with Crippen molar-refractivity contribution in [2.24, 2.45) is 5.92 Å². The number of rotatable bonds is 5. The minimum Gasteiger partial charge on any atom is -0.478 e. The number of anilines is 1. The molecule has 21 heavy (non-hydrogen) atoms. The van der Waals surface area contributed by atoms with Crippen LogP contribution in [0.5, 0.6) is 0 Å². The molecule has 0 bridgehead atoms. The van der Waals surface area contributed by atoms with Crippen LogP contribution in [0.3, 0.4) is 0 Å². The Morgan fingerprint density at radius 3 is 2.57 bits per heavy atom. The highest BCUT2D eigenvalue weighted by molar-refractivity contribution is 5.94. The lowest BCUT2D eigenvalue weighted by Gasteiger charge is -2.31. The van der Waals surface area contributed by atoms with Crippen molar-refractivity contribution >= 4 is 11.8 Å². The van der Waals surface area contributed by atoms with Gasteiger partial charge in [0.15, 0.2) is 5.82 Å². The largest absolute Gasteiger partial charge is 0.478 e. The zero-order valence-corrected chi connectivity index (χ0v) is 13.0. The smallest absolute Gasteiger partial charge is 0.339 e. The van der Waals surface area contributed by atoms with E-state index in [4.69, 9.17) is 0 Å². The number of aromatic carboxylic acids is 1. The molecular formula is C15H24N4O2. The molecule has 2 rings (SSSR count). The SMILES string of the molecule is CCN1CCC(CNc2nnc(C)c(C)c2C(=O)O)CC1. The Morgan fingerprint density at radius 2 is 2.00 bits per heavy atom. The van der Waals surface area contributed by atoms with E-state index < -0.39 is 5.97 Å². The fourth-order valence-electron chi connectivity index (χ4n) is 2.74. The van der Waals surface area contributed by atoms with Gasteiger partial charge in [0.1, 0.15) is 5.56 Å². The Balaban J connectivity index is 2.01. The zero-order chi connectivity index (χ0) is 15.4. The van der Waals surface area contributed by atoms with Gasteiger partial charge in [0.25, 0.3) is 0 Å². The van der Waals surface area contributed by atoms with Crippen molar-refractivity contribution in [2.45, 2.75) is 33.6 Å². The molecule has 6 nitrogen and oxygen atoms in total. The van der Waals surface area contributed by atoms with E-state index >= 15 is 0 Å². The van der Waals surface area contributed by atoms with Crippen molar-refractivity contribution in [3.8, 4) is 0 Å². The molecule has 1 saturated heterocycles. The minimum absolute atomic E-state index is 0.244.